The molecule has 180 valence electrons. The Kier molecular flexibility index (Phi) is 9.73. The number of amides is 1. The molecule has 3 rings (SSSR count). The molecule has 0 bridgehead atoms. The maximum Gasteiger partial charge on any atom is 0.408 e. The van der Waals surface area contributed by atoms with Gasteiger partial charge in [0, 0.05) is 19.2 Å². The van der Waals surface area contributed by atoms with Crippen LogP contribution < -0.4 is 20.8 Å². The van der Waals surface area contributed by atoms with Crippen molar-refractivity contribution in [2.75, 3.05) is 19.7 Å². The molecule has 0 unspecified atom stereocenters. The summed E-state index contributed by atoms with van der Waals surface area (Å²) in [5.74, 6) is 0.171. The van der Waals surface area contributed by atoms with Crippen molar-refractivity contribution in [2.24, 2.45) is 10.1 Å². The number of hydrogen-bond donors (Lipinski definition) is 4. The SMILES string of the molecule is O=C(N[C@@H](CCOc1ccc(CCC=NNC2=NCCN2)cc1)C(=O)O)OCc1ccccc1. The molecule has 10 heteroatoms. The Morgan fingerprint density at radius 3 is 2.65 bits per heavy atom. The number of benzene rings is 2. The second-order valence-electron chi connectivity index (χ2n) is 7.50. The van der Waals surface area contributed by atoms with Gasteiger partial charge in [-0.25, -0.2) is 20.0 Å². The first-order chi connectivity index (χ1) is 16.6. The van der Waals surface area contributed by atoms with Gasteiger partial charge in [0.15, 0.2) is 0 Å². The molecule has 1 heterocycles. The zero-order chi connectivity index (χ0) is 24.0. The molecule has 0 fully saturated rings. The summed E-state index contributed by atoms with van der Waals surface area (Å²) in [6, 6.07) is 15.6. The number of carboxylic acid groups (broad SMARTS) is 1. The zero-order valence-electron chi connectivity index (χ0n) is 18.8. The summed E-state index contributed by atoms with van der Waals surface area (Å²) in [4.78, 5) is 27.6. The van der Waals surface area contributed by atoms with E-state index in [0.717, 1.165) is 37.1 Å². The summed E-state index contributed by atoms with van der Waals surface area (Å²) < 4.78 is 10.7. The average molecular weight is 468 g/mol. The number of alkyl carbamates (subject to hydrolysis) is 1. The largest absolute Gasteiger partial charge is 0.494 e. The molecule has 4 N–H and O–H groups in total. The standard InChI is InChI=1S/C24H29N5O5/c30-22(31)21(28-24(32)34-17-19-5-2-1-3-6-19)12-16-33-20-10-8-18(9-11-20)7-4-13-27-29-23-25-14-15-26-23/h1-3,5-6,8-11,13,21H,4,7,12,14-17H2,(H,28,32)(H,30,31)(H2,25,26,29)/t21-/m0/s1. The number of nitrogens with one attached hydrogen (secondary N) is 3. The third-order valence-electron chi connectivity index (χ3n) is 4.90. The van der Waals surface area contributed by atoms with Crippen molar-refractivity contribution in [2.45, 2.75) is 31.9 Å². The lowest BCUT2D eigenvalue weighted by Gasteiger charge is -2.15. The van der Waals surface area contributed by atoms with Crippen LogP contribution in [0.5, 0.6) is 5.75 Å². The fraction of sp³-hybridized carbons (Fsp3) is 0.333. The lowest BCUT2D eigenvalue weighted by molar-refractivity contribution is -0.139. The Morgan fingerprint density at radius 1 is 1.15 bits per heavy atom. The monoisotopic (exact) mass is 467 g/mol. The van der Waals surface area contributed by atoms with Crippen LogP contribution in [0.3, 0.4) is 0 Å². The fourth-order valence-corrected chi connectivity index (χ4v) is 3.09. The van der Waals surface area contributed by atoms with Crippen LogP contribution in [0.1, 0.15) is 24.0 Å². The lowest BCUT2D eigenvalue weighted by Crippen LogP contribution is -2.42. The van der Waals surface area contributed by atoms with Crippen LogP contribution in [-0.2, 0) is 22.6 Å². The Bertz CT molecular complexity index is 979. The van der Waals surface area contributed by atoms with E-state index in [1.54, 1.807) is 6.21 Å². The van der Waals surface area contributed by atoms with Crippen LogP contribution in [-0.4, -0.2) is 55.1 Å². The summed E-state index contributed by atoms with van der Waals surface area (Å²) in [6.07, 6.45) is 2.71. The molecule has 2 aromatic rings. The molecule has 10 nitrogen and oxygen atoms in total. The number of aliphatic imine (C=N–C) groups is 1. The zero-order valence-corrected chi connectivity index (χ0v) is 18.8. The normalized spacial score (nSPS) is 13.6. The van der Waals surface area contributed by atoms with E-state index in [2.05, 4.69) is 26.2 Å². The van der Waals surface area contributed by atoms with E-state index < -0.39 is 18.1 Å². The Hall–Kier alpha value is -4.08. The smallest absolute Gasteiger partial charge is 0.408 e. The first kappa shape index (κ1) is 24.6. The number of ether oxygens (including phenoxy) is 2. The Balaban J connectivity index is 1.34. The molecular formula is C24H29N5O5. The third-order valence-corrected chi connectivity index (χ3v) is 4.90. The van der Waals surface area contributed by atoms with Crippen LogP contribution in [0.25, 0.3) is 0 Å². The summed E-state index contributed by atoms with van der Waals surface area (Å²) in [5, 5.41) is 18.9. The molecule has 34 heavy (non-hydrogen) atoms. The first-order valence-electron chi connectivity index (χ1n) is 11.1. The fourth-order valence-electron chi connectivity index (χ4n) is 3.09. The number of guanidine groups is 1. The van der Waals surface area contributed by atoms with Crippen LogP contribution in [0.4, 0.5) is 4.79 Å². The van der Waals surface area contributed by atoms with Crippen LogP contribution >= 0.6 is 0 Å². The van der Waals surface area contributed by atoms with Gasteiger partial charge >= 0.3 is 12.1 Å². The van der Waals surface area contributed by atoms with E-state index >= 15 is 0 Å². The van der Waals surface area contributed by atoms with Gasteiger partial charge in [0.1, 0.15) is 18.4 Å². The molecule has 0 aliphatic carbocycles. The highest BCUT2D eigenvalue weighted by atomic mass is 16.5. The highest BCUT2D eigenvalue weighted by molar-refractivity contribution is 5.81. The number of hydrazone groups is 1. The molecular weight excluding hydrogens is 438 g/mol. The number of carboxylic acids is 1. The summed E-state index contributed by atoms with van der Waals surface area (Å²) in [6.45, 7) is 1.80. The molecule has 0 aromatic heterocycles. The molecule has 0 saturated carbocycles. The van der Waals surface area contributed by atoms with Gasteiger partial charge < -0.3 is 25.2 Å². The molecule has 1 amide bonds. The molecule has 1 aliphatic rings. The summed E-state index contributed by atoms with van der Waals surface area (Å²) >= 11 is 0. The van der Waals surface area contributed by atoms with Gasteiger partial charge in [0.2, 0.25) is 5.96 Å². The Morgan fingerprint density at radius 2 is 1.94 bits per heavy atom. The molecule has 0 saturated heterocycles. The number of hydrogen-bond acceptors (Lipinski definition) is 8. The number of carbonyl (C=O) groups is 2. The topological polar surface area (TPSA) is 134 Å². The van der Waals surface area contributed by atoms with Crippen molar-refractivity contribution >= 4 is 24.2 Å². The third kappa shape index (κ3) is 8.81. The average Bonchev–Trinajstić information content (AvgIpc) is 3.37. The van der Waals surface area contributed by atoms with E-state index in [1.165, 1.54) is 0 Å². The summed E-state index contributed by atoms with van der Waals surface area (Å²) in [5.41, 5.74) is 4.80. The summed E-state index contributed by atoms with van der Waals surface area (Å²) in [7, 11) is 0. The van der Waals surface area contributed by atoms with E-state index in [9.17, 15) is 14.7 Å². The molecule has 0 spiro atoms. The predicted octanol–water partition coefficient (Wildman–Crippen LogP) is 2.30. The minimum atomic E-state index is -1.15. The van der Waals surface area contributed by atoms with Gasteiger partial charge in [-0.2, -0.15) is 5.10 Å². The molecule has 1 atom stereocenters. The van der Waals surface area contributed by atoms with E-state index in [4.69, 9.17) is 9.47 Å². The number of nitrogens with zero attached hydrogens (tertiary/aromatic N) is 2. The van der Waals surface area contributed by atoms with Crippen molar-refractivity contribution < 1.29 is 24.2 Å². The van der Waals surface area contributed by atoms with Crippen LogP contribution in [0.2, 0.25) is 0 Å². The minimum absolute atomic E-state index is 0.0662. The van der Waals surface area contributed by atoms with E-state index in [1.807, 2.05) is 54.6 Å². The van der Waals surface area contributed by atoms with Crippen LogP contribution in [0.15, 0.2) is 64.7 Å². The Labute approximate surface area is 198 Å². The second kappa shape index (κ2) is 13.5. The number of rotatable bonds is 12. The first-order valence-corrected chi connectivity index (χ1v) is 11.1. The van der Waals surface area contributed by atoms with Gasteiger partial charge in [0.05, 0.1) is 13.2 Å². The lowest BCUT2D eigenvalue weighted by atomic mass is 10.1. The minimum Gasteiger partial charge on any atom is -0.494 e. The van der Waals surface area contributed by atoms with Gasteiger partial charge in [-0.05, 0) is 36.1 Å². The second-order valence-corrected chi connectivity index (χ2v) is 7.50. The van der Waals surface area contributed by atoms with Gasteiger partial charge in [-0.3, -0.25) is 0 Å². The van der Waals surface area contributed by atoms with Crippen molar-refractivity contribution in [1.82, 2.24) is 16.1 Å². The van der Waals surface area contributed by atoms with Gasteiger partial charge in [0.25, 0.3) is 0 Å². The van der Waals surface area contributed by atoms with Crippen molar-refractivity contribution in [1.29, 1.82) is 0 Å². The van der Waals surface area contributed by atoms with Crippen molar-refractivity contribution in [3.05, 3.63) is 65.7 Å². The van der Waals surface area contributed by atoms with Crippen molar-refractivity contribution in [3.63, 3.8) is 0 Å². The maximum absolute atomic E-state index is 11.9. The van der Waals surface area contributed by atoms with Gasteiger partial charge in [-0.15, -0.1) is 0 Å². The van der Waals surface area contributed by atoms with Crippen molar-refractivity contribution in [3.8, 4) is 5.75 Å². The maximum atomic E-state index is 11.9. The van der Waals surface area contributed by atoms with Gasteiger partial charge in [-0.1, -0.05) is 42.5 Å². The van der Waals surface area contributed by atoms with E-state index in [0.29, 0.717) is 11.7 Å². The quantitative estimate of drug-likeness (QED) is 0.278. The molecule has 1 aliphatic heterocycles. The molecule has 2 aromatic carbocycles. The van der Waals surface area contributed by atoms with Crippen LogP contribution in [0, 0.1) is 0 Å². The predicted molar refractivity (Wildman–Crippen MR) is 128 cm³/mol. The number of aryl methyl sites for hydroxylation is 1. The number of carbonyl (C=O) groups excluding carboxylic acids is 1. The highest BCUT2D eigenvalue weighted by Crippen LogP contribution is 2.14. The highest BCUT2D eigenvalue weighted by Gasteiger charge is 2.20. The molecule has 0 radical (unpaired) electrons. The number of aliphatic carboxylic acids is 1. The van der Waals surface area contributed by atoms with E-state index in [-0.39, 0.29) is 19.6 Å².